The lowest BCUT2D eigenvalue weighted by Gasteiger charge is -2.28. The Balaban J connectivity index is 1.22. The number of aryl methyl sites for hydroxylation is 2. The number of hydrogen-bond acceptors (Lipinski definition) is 1. The number of nitrogens with zero attached hydrogens (tertiary/aromatic N) is 1. The largest absolute Gasteiger partial charge is 0.310 e. The van der Waals surface area contributed by atoms with Gasteiger partial charge in [-0.05, 0) is 147 Å². The molecule has 0 amide bonds. The topological polar surface area (TPSA) is 3.24 Å². The average Bonchev–Trinajstić information content (AvgIpc) is 3.00. The third-order valence-corrected chi connectivity index (χ3v) is 8.40. The van der Waals surface area contributed by atoms with Gasteiger partial charge in [-0.1, -0.05) is 72.8 Å². The summed E-state index contributed by atoms with van der Waals surface area (Å²) in [6.45, 7) is 4.31. The third kappa shape index (κ3) is 4.01. The molecular weight excluding hydrogens is 494 g/mol. The maximum Gasteiger partial charge on any atom is 0.0468 e. The van der Waals surface area contributed by atoms with Crippen LogP contribution < -0.4 is 4.90 Å². The number of hydrogen-bond donors (Lipinski definition) is 0. The molecule has 7 aromatic carbocycles. The van der Waals surface area contributed by atoms with E-state index < -0.39 is 0 Å². The highest BCUT2D eigenvalue weighted by Crippen LogP contribution is 2.51. The Kier molecular flexibility index (Phi) is 5.33. The molecule has 0 aromatic heterocycles. The lowest BCUT2D eigenvalue weighted by atomic mass is 9.77. The monoisotopic (exact) mass is 523 g/mol. The molecule has 0 aliphatic heterocycles. The molecular formula is C40H29N. The highest BCUT2D eigenvalue weighted by molar-refractivity contribution is 6.12. The van der Waals surface area contributed by atoms with Crippen molar-refractivity contribution in [3.63, 3.8) is 0 Å². The highest BCUT2D eigenvalue weighted by Gasteiger charge is 2.24. The first-order valence-electron chi connectivity index (χ1n) is 14.3. The molecule has 1 heteroatoms. The zero-order valence-electron chi connectivity index (χ0n) is 23.2. The molecule has 0 atom stereocenters. The Morgan fingerprint density at radius 2 is 0.854 bits per heavy atom. The molecule has 0 unspecified atom stereocenters. The van der Waals surface area contributed by atoms with E-state index in [0.717, 1.165) is 0 Å². The van der Waals surface area contributed by atoms with Crippen molar-refractivity contribution in [2.45, 2.75) is 13.8 Å². The molecule has 0 radical (unpaired) electrons. The van der Waals surface area contributed by atoms with E-state index in [0.29, 0.717) is 0 Å². The van der Waals surface area contributed by atoms with Gasteiger partial charge in [0.1, 0.15) is 0 Å². The fourth-order valence-corrected chi connectivity index (χ4v) is 6.34. The molecule has 1 aliphatic carbocycles. The standard InChI is InChI=1S/C40H29N/c1-26-8-6-12-34(18-26)41(35-13-7-9-27(2)19-35)36-17-16-31-23-38-39-24-32-20-29(28-10-4-3-5-11-28)14-15-30(32)22-37(39)40(38)25-33(31)21-36/h3-25H,1-2H3. The van der Waals surface area contributed by atoms with E-state index >= 15 is 0 Å². The van der Waals surface area contributed by atoms with Gasteiger partial charge in [0.2, 0.25) is 0 Å². The maximum atomic E-state index is 2.38. The van der Waals surface area contributed by atoms with Crippen LogP contribution in [-0.4, -0.2) is 0 Å². The van der Waals surface area contributed by atoms with Crippen LogP contribution in [0, 0.1) is 13.8 Å². The van der Waals surface area contributed by atoms with Gasteiger partial charge in [-0.3, -0.25) is 0 Å². The minimum absolute atomic E-state index is 1.17. The molecule has 7 aromatic rings. The minimum atomic E-state index is 1.17. The van der Waals surface area contributed by atoms with Crippen LogP contribution in [0.15, 0.2) is 140 Å². The van der Waals surface area contributed by atoms with E-state index in [1.807, 2.05) is 0 Å². The molecule has 0 heterocycles. The van der Waals surface area contributed by atoms with Crippen LogP contribution >= 0.6 is 0 Å². The van der Waals surface area contributed by atoms with Crippen molar-refractivity contribution in [2.24, 2.45) is 0 Å². The third-order valence-electron chi connectivity index (χ3n) is 8.40. The molecule has 0 saturated heterocycles. The molecule has 0 saturated carbocycles. The average molecular weight is 524 g/mol. The van der Waals surface area contributed by atoms with Gasteiger partial charge in [0, 0.05) is 17.1 Å². The summed E-state index contributed by atoms with van der Waals surface area (Å²) in [5.74, 6) is 0. The van der Waals surface area contributed by atoms with Crippen molar-refractivity contribution in [1.82, 2.24) is 0 Å². The Bertz CT molecular complexity index is 2070. The molecule has 0 fully saturated rings. The van der Waals surface area contributed by atoms with Gasteiger partial charge >= 0.3 is 0 Å². The van der Waals surface area contributed by atoms with E-state index in [-0.39, 0.29) is 0 Å². The quantitative estimate of drug-likeness (QED) is 0.222. The first-order valence-corrected chi connectivity index (χ1v) is 14.3. The predicted molar refractivity (Wildman–Crippen MR) is 175 cm³/mol. The molecule has 0 bridgehead atoms. The van der Waals surface area contributed by atoms with Crippen molar-refractivity contribution in [1.29, 1.82) is 0 Å². The first kappa shape index (κ1) is 23.7. The molecule has 0 N–H and O–H groups in total. The predicted octanol–water partition coefficient (Wildman–Crippen LogP) is 11.4. The summed E-state index contributed by atoms with van der Waals surface area (Å²) >= 11 is 0. The lowest BCUT2D eigenvalue weighted by Crippen LogP contribution is -2.10. The van der Waals surface area contributed by atoms with Gasteiger partial charge in [0.25, 0.3) is 0 Å². The zero-order chi connectivity index (χ0) is 27.5. The number of rotatable bonds is 4. The second-order valence-corrected chi connectivity index (χ2v) is 11.3. The molecule has 41 heavy (non-hydrogen) atoms. The Hall–Kier alpha value is -5.14. The Labute approximate surface area is 241 Å². The van der Waals surface area contributed by atoms with Gasteiger partial charge in [-0.25, -0.2) is 0 Å². The van der Waals surface area contributed by atoms with E-state index in [2.05, 4.69) is 158 Å². The van der Waals surface area contributed by atoms with E-state index in [9.17, 15) is 0 Å². The molecule has 8 rings (SSSR count). The van der Waals surface area contributed by atoms with Gasteiger partial charge in [0.05, 0.1) is 0 Å². The normalized spacial score (nSPS) is 11.7. The summed E-state index contributed by atoms with van der Waals surface area (Å²) in [4.78, 5) is 2.37. The minimum Gasteiger partial charge on any atom is -0.310 e. The van der Waals surface area contributed by atoms with E-state index in [4.69, 9.17) is 0 Å². The fourth-order valence-electron chi connectivity index (χ4n) is 6.34. The number of fused-ring (bicyclic) bond motifs is 6. The van der Waals surface area contributed by atoms with E-state index in [1.54, 1.807) is 0 Å². The maximum absolute atomic E-state index is 2.38. The molecule has 194 valence electrons. The second-order valence-electron chi connectivity index (χ2n) is 11.3. The Morgan fingerprint density at radius 3 is 1.44 bits per heavy atom. The van der Waals surface area contributed by atoms with Crippen LogP contribution in [0.4, 0.5) is 17.1 Å². The summed E-state index contributed by atoms with van der Waals surface area (Å²) in [7, 11) is 0. The van der Waals surface area contributed by atoms with Gasteiger partial charge < -0.3 is 4.90 Å². The zero-order valence-corrected chi connectivity index (χ0v) is 23.2. The number of anilines is 3. The van der Waals surface area contributed by atoms with Crippen LogP contribution in [0.3, 0.4) is 0 Å². The highest BCUT2D eigenvalue weighted by atomic mass is 15.1. The second kappa shape index (κ2) is 9.21. The van der Waals surface area contributed by atoms with Gasteiger partial charge in [-0.2, -0.15) is 0 Å². The molecule has 0 spiro atoms. The van der Waals surface area contributed by atoms with Crippen LogP contribution in [0.5, 0.6) is 0 Å². The fraction of sp³-hybridized carbons (Fsp3) is 0.0500. The first-order chi connectivity index (χ1) is 20.1. The molecule has 1 nitrogen and oxygen atoms in total. The summed E-state index contributed by atoms with van der Waals surface area (Å²) in [5, 5.41) is 5.10. The van der Waals surface area contributed by atoms with Crippen LogP contribution in [0.1, 0.15) is 11.1 Å². The van der Waals surface area contributed by atoms with Crippen molar-refractivity contribution >= 4 is 38.6 Å². The van der Waals surface area contributed by atoms with Gasteiger partial charge in [-0.15, -0.1) is 0 Å². The van der Waals surface area contributed by atoms with Crippen molar-refractivity contribution < 1.29 is 0 Å². The van der Waals surface area contributed by atoms with Crippen LogP contribution in [-0.2, 0) is 0 Å². The lowest BCUT2D eigenvalue weighted by molar-refractivity contribution is 1.26. The summed E-state index contributed by atoms with van der Waals surface area (Å²) in [6, 6.07) is 51.3. The Morgan fingerprint density at radius 1 is 0.341 bits per heavy atom. The van der Waals surface area contributed by atoms with Crippen LogP contribution in [0.25, 0.3) is 54.9 Å². The summed E-state index contributed by atoms with van der Waals surface area (Å²) < 4.78 is 0. The molecule has 1 aliphatic rings. The summed E-state index contributed by atoms with van der Waals surface area (Å²) in [5.41, 5.74) is 13.9. The van der Waals surface area contributed by atoms with Gasteiger partial charge in [0.15, 0.2) is 0 Å². The van der Waals surface area contributed by atoms with Crippen molar-refractivity contribution in [3.8, 4) is 33.4 Å². The SMILES string of the molecule is Cc1cccc(N(c2cccc(C)c2)c2ccc3cc4c(cc3c2)-c2cc3ccc(-c5ccccc5)cc3cc2-4)c1. The number of benzene rings is 7. The smallest absolute Gasteiger partial charge is 0.0468 e. The van der Waals surface area contributed by atoms with Crippen LogP contribution in [0.2, 0.25) is 0 Å². The van der Waals surface area contributed by atoms with E-state index in [1.165, 1.54) is 83.1 Å². The van der Waals surface area contributed by atoms with Crippen molar-refractivity contribution in [3.05, 3.63) is 151 Å². The summed E-state index contributed by atoms with van der Waals surface area (Å²) in [6.07, 6.45) is 0. The van der Waals surface area contributed by atoms with Crippen molar-refractivity contribution in [2.75, 3.05) is 4.90 Å².